The second-order valence-electron chi connectivity index (χ2n) is 35.5. The summed E-state index contributed by atoms with van der Waals surface area (Å²) in [6.07, 6.45) is 31.4. The molecular formula is C77H136O9. The molecule has 0 aromatic carbocycles. The van der Waals surface area contributed by atoms with Gasteiger partial charge in [-0.1, -0.05) is 102 Å². The highest BCUT2D eigenvalue weighted by atomic mass is 16.3. The average molecular weight is 1210 g/mol. The lowest BCUT2D eigenvalue weighted by Crippen LogP contribution is -2.62. The van der Waals surface area contributed by atoms with E-state index in [1.165, 1.54) is 77.0 Å². The Morgan fingerprint density at radius 1 is 0.314 bits per heavy atom. The lowest BCUT2D eigenvalue weighted by molar-refractivity contribution is -0.203. The van der Waals surface area contributed by atoms with Gasteiger partial charge in [0, 0.05) is 19.8 Å². The Hall–Kier alpha value is -0.360. The van der Waals surface area contributed by atoms with Crippen molar-refractivity contribution in [1.82, 2.24) is 0 Å². The molecule has 0 heterocycles. The predicted molar refractivity (Wildman–Crippen MR) is 347 cm³/mol. The van der Waals surface area contributed by atoms with Crippen molar-refractivity contribution >= 4 is 0 Å². The maximum Gasteiger partial charge on any atom is 0.0605 e. The lowest BCUT2D eigenvalue weighted by Gasteiger charge is -2.64. The van der Waals surface area contributed by atoms with Gasteiger partial charge in [0.2, 0.25) is 0 Å². The van der Waals surface area contributed by atoms with Crippen LogP contribution in [0.4, 0.5) is 0 Å². The molecule has 9 N–H and O–H groups in total. The highest BCUT2D eigenvalue weighted by Crippen LogP contribution is 2.73. The standard InChI is InChI=1S/2C26H46O3.C25H44O3/c2*1-5-18-22-15-17(28)10-12-26(22,4)21-11-13-25(3)19(16(2)7-6-14-27)8-9-20(25)23(21)24(18)29;1-5-17-21-14-16(27)8-11-25(21,4)20-9-12-24(3)18(15(2)10-13-26)6-7-19(24)22(20)23(17)28/h2*16-24,27-29H,5-15H2,1-4H3;15-23,26-28H,5-14H2,1-4H3/t16-,17-,18+,19-,20?,21?,22+,23?,24+,25-,26-;16-,17-,18-,19-,20?,21?,22+,23?,24+,25-,26-;15-,16-,17+,18-,19?,20?,21+,22?,23+,24-,25-/m111/s1. The van der Waals surface area contributed by atoms with Crippen molar-refractivity contribution in [3.05, 3.63) is 0 Å². The predicted octanol–water partition coefficient (Wildman–Crippen LogP) is 14.7. The van der Waals surface area contributed by atoms with Gasteiger partial charge in [-0.3, -0.25) is 0 Å². The van der Waals surface area contributed by atoms with E-state index in [9.17, 15) is 46.0 Å². The van der Waals surface area contributed by atoms with Crippen LogP contribution in [0.5, 0.6) is 0 Å². The van der Waals surface area contributed by atoms with E-state index in [1.54, 1.807) is 0 Å². The maximum absolute atomic E-state index is 11.7. The van der Waals surface area contributed by atoms with Gasteiger partial charge < -0.3 is 46.0 Å². The van der Waals surface area contributed by atoms with Crippen molar-refractivity contribution in [3.8, 4) is 0 Å². The SMILES string of the molecule is CC[C@@H]1[C@H](O)C2C3CC[C@H]([C@H](C)CCCO)[C@@]3(C)CCC2[C@@]2(C)CC[C@@H](O)C[C@@H]12.CC[C@@H]1[C@H](O)C2C3CC[C@H]([C@H](C)CCO)[C@@]3(C)CCC2[C@@]2(C)CC[C@@H](O)C[C@@H]12.CC[C@H]1[C@H](O)C2C3CC[C@H]([C@H](C)CCCO)[C@@]3(C)CCC2[C@@]2(C)CC[C@@H](O)C[C@@H]12. The second kappa shape index (κ2) is 26.8. The largest absolute Gasteiger partial charge is 0.396 e. The summed E-state index contributed by atoms with van der Waals surface area (Å²) >= 11 is 0. The minimum absolute atomic E-state index is 0.164. The Labute approximate surface area is 526 Å². The maximum atomic E-state index is 11.7. The van der Waals surface area contributed by atoms with Gasteiger partial charge >= 0.3 is 0 Å². The number of fused-ring (bicyclic) bond motifs is 15. The van der Waals surface area contributed by atoms with Crippen molar-refractivity contribution in [3.63, 3.8) is 0 Å². The second-order valence-corrected chi connectivity index (χ2v) is 35.5. The summed E-state index contributed by atoms with van der Waals surface area (Å²) in [6, 6.07) is 0. The van der Waals surface area contributed by atoms with Crippen molar-refractivity contribution in [2.75, 3.05) is 19.8 Å². The van der Waals surface area contributed by atoms with Crippen molar-refractivity contribution in [2.24, 2.45) is 157 Å². The van der Waals surface area contributed by atoms with Gasteiger partial charge in [0.1, 0.15) is 0 Å². The summed E-state index contributed by atoms with van der Waals surface area (Å²) in [4.78, 5) is 0. The molecule has 498 valence electrons. The van der Waals surface area contributed by atoms with Crippen LogP contribution in [0.15, 0.2) is 0 Å². The topological polar surface area (TPSA) is 182 Å². The third-order valence-corrected chi connectivity index (χ3v) is 32.7. The molecule has 0 amide bonds. The van der Waals surface area contributed by atoms with Crippen LogP contribution >= 0.6 is 0 Å². The number of rotatable bonds is 14. The monoisotopic (exact) mass is 1210 g/mol. The number of aliphatic hydroxyl groups excluding tert-OH is 9. The van der Waals surface area contributed by atoms with Crippen LogP contribution in [-0.4, -0.2) is 102 Å². The molecule has 86 heavy (non-hydrogen) atoms. The molecule has 0 radical (unpaired) electrons. The molecule has 0 aliphatic heterocycles. The van der Waals surface area contributed by atoms with Gasteiger partial charge in [-0.25, -0.2) is 0 Å². The third kappa shape index (κ3) is 11.4. The van der Waals surface area contributed by atoms with Gasteiger partial charge in [0.25, 0.3) is 0 Å². The fourth-order valence-electron chi connectivity index (χ4n) is 28.4. The minimum Gasteiger partial charge on any atom is -0.396 e. The van der Waals surface area contributed by atoms with Crippen LogP contribution in [0.25, 0.3) is 0 Å². The van der Waals surface area contributed by atoms with Crippen LogP contribution in [0.2, 0.25) is 0 Å². The van der Waals surface area contributed by atoms with Crippen molar-refractivity contribution in [2.45, 2.75) is 306 Å². The molecule has 12 saturated carbocycles. The Morgan fingerprint density at radius 2 is 0.570 bits per heavy atom. The Bertz CT molecular complexity index is 2090. The average Bonchev–Trinajstić information content (AvgIpc) is 1.24. The molecule has 9 nitrogen and oxygen atoms in total. The van der Waals surface area contributed by atoms with Gasteiger partial charge in [0.15, 0.2) is 0 Å². The van der Waals surface area contributed by atoms with Crippen LogP contribution in [0, 0.1) is 157 Å². The zero-order valence-corrected chi connectivity index (χ0v) is 57.2. The molecular weight excluding hydrogens is 1070 g/mol. The summed E-state index contributed by atoms with van der Waals surface area (Å²) in [5.41, 5.74) is 1.92. The highest BCUT2D eigenvalue weighted by Gasteiger charge is 2.68. The number of hydrogen-bond donors (Lipinski definition) is 9. The summed E-state index contributed by atoms with van der Waals surface area (Å²) in [5.74, 6) is 11.7. The van der Waals surface area contributed by atoms with Gasteiger partial charge in [-0.15, -0.1) is 0 Å². The number of hydrogen-bond acceptors (Lipinski definition) is 9. The normalized spacial score (nSPS) is 53.5. The molecule has 12 rings (SSSR count). The van der Waals surface area contributed by atoms with Gasteiger partial charge in [-0.2, -0.15) is 0 Å². The molecule has 0 spiro atoms. The van der Waals surface area contributed by atoms with E-state index in [2.05, 4.69) is 83.1 Å². The Morgan fingerprint density at radius 3 is 0.826 bits per heavy atom. The van der Waals surface area contributed by atoms with E-state index in [1.807, 2.05) is 0 Å². The van der Waals surface area contributed by atoms with E-state index in [-0.39, 0.29) is 36.6 Å². The molecule has 9 unspecified atom stereocenters. The lowest BCUT2D eigenvalue weighted by atomic mass is 9.41. The van der Waals surface area contributed by atoms with Gasteiger partial charge in [0.05, 0.1) is 36.6 Å². The van der Waals surface area contributed by atoms with E-state index in [4.69, 9.17) is 0 Å². The first kappa shape index (κ1) is 68.5. The first-order valence-corrected chi connectivity index (χ1v) is 37.7. The quantitative estimate of drug-likeness (QED) is 0.0818. The molecule has 12 aliphatic carbocycles. The highest BCUT2D eigenvalue weighted by molar-refractivity contribution is 5.17. The van der Waals surface area contributed by atoms with Crippen LogP contribution in [0.3, 0.4) is 0 Å². The van der Waals surface area contributed by atoms with Crippen molar-refractivity contribution in [1.29, 1.82) is 0 Å². The Balaban J connectivity index is 0.000000143. The summed E-state index contributed by atoms with van der Waals surface area (Å²) in [6.45, 7) is 30.0. The molecule has 0 aromatic rings. The third-order valence-electron chi connectivity index (χ3n) is 32.7. The zero-order valence-electron chi connectivity index (χ0n) is 57.2. The summed E-state index contributed by atoms with van der Waals surface area (Å²) < 4.78 is 0. The summed E-state index contributed by atoms with van der Waals surface area (Å²) in [7, 11) is 0. The fraction of sp³-hybridized carbons (Fsp3) is 1.00. The van der Waals surface area contributed by atoms with Gasteiger partial charge in [-0.05, 0) is 324 Å². The Kier molecular flexibility index (Phi) is 21.3. The van der Waals surface area contributed by atoms with Crippen LogP contribution in [0.1, 0.15) is 269 Å². The first-order chi connectivity index (χ1) is 40.8. The molecule has 0 bridgehead atoms. The molecule has 12 aliphatic rings. The number of aliphatic hydroxyl groups is 9. The smallest absolute Gasteiger partial charge is 0.0605 e. The van der Waals surface area contributed by atoms with E-state index in [0.29, 0.717) is 165 Å². The zero-order chi connectivity index (χ0) is 62.2. The van der Waals surface area contributed by atoms with Crippen LogP contribution < -0.4 is 0 Å². The van der Waals surface area contributed by atoms with Crippen LogP contribution in [-0.2, 0) is 0 Å². The molecule has 0 saturated heterocycles. The molecule has 33 atom stereocenters. The van der Waals surface area contributed by atoms with Crippen molar-refractivity contribution < 1.29 is 46.0 Å². The fourth-order valence-corrected chi connectivity index (χ4v) is 28.4. The first-order valence-electron chi connectivity index (χ1n) is 37.7. The van der Waals surface area contributed by atoms with E-state index in [0.717, 1.165) is 121 Å². The minimum atomic E-state index is -0.199. The van der Waals surface area contributed by atoms with E-state index >= 15 is 0 Å². The molecule has 9 heteroatoms. The summed E-state index contributed by atoms with van der Waals surface area (Å²) in [5, 5.41) is 94.4. The molecule has 0 aromatic heterocycles. The molecule has 12 fully saturated rings. The van der Waals surface area contributed by atoms with E-state index < -0.39 is 0 Å².